The van der Waals surface area contributed by atoms with Crippen LogP contribution < -0.4 is 10.6 Å². The van der Waals surface area contributed by atoms with E-state index in [1.165, 1.54) is 0 Å². The Morgan fingerprint density at radius 3 is 2.43 bits per heavy atom. The highest BCUT2D eigenvalue weighted by Gasteiger charge is 2.23. The minimum absolute atomic E-state index is 0.194. The molecule has 0 aromatic heterocycles. The predicted molar refractivity (Wildman–Crippen MR) is 89.7 cm³/mol. The van der Waals surface area contributed by atoms with Gasteiger partial charge in [-0.3, -0.25) is 14.4 Å². The summed E-state index contributed by atoms with van der Waals surface area (Å²) in [7, 11) is 0. The van der Waals surface area contributed by atoms with Gasteiger partial charge in [0.05, 0.1) is 19.0 Å². The first-order valence-electron chi connectivity index (χ1n) is 7.14. The maximum absolute atomic E-state index is 12.0. The summed E-state index contributed by atoms with van der Waals surface area (Å²) in [6, 6.07) is 6.41. The molecule has 0 radical (unpaired) electrons. The first-order valence-corrected chi connectivity index (χ1v) is 7.94. The molecule has 0 aliphatic rings. The Bertz CT molecular complexity index is 596. The quantitative estimate of drug-likeness (QED) is 0.700. The molecule has 0 saturated heterocycles. The van der Waals surface area contributed by atoms with Crippen molar-refractivity contribution in [2.75, 3.05) is 6.54 Å². The van der Waals surface area contributed by atoms with Crippen LogP contribution in [0.5, 0.6) is 0 Å². The predicted octanol–water partition coefficient (Wildman–Crippen LogP) is 2.24. The largest absolute Gasteiger partial charge is 0.481 e. The second kappa shape index (κ2) is 8.10. The van der Waals surface area contributed by atoms with Gasteiger partial charge in [-0.05, 0) is 17.7 Å². The summed E-state index contributed by atoms with van der Waals surface area (Å²) in [5.41, 5.74) is 0.0858. The van der Waals surface area contributed by atoms with E-state index < -0.39 is 23.3 Å². The Balaban J connectivity index is 2.72. The molecule has 23 heavy (non-hydrogen) atoms. The van der Waals surface area contributed by atoms with Crippen molar-refractivity contribution in [1.82, 2.24) is 10.6 Å². The molecular formula is C16H21BrN2O4. The van der Waals surface area contributed by atoms with Gasteiger partial charge in [0.1, 0.15) is 0 Å². The zero-order chi connectivity index (χ0) is 17.6. The third-order valence-corrected chi connectivity index (χ3v) is 3.55. The van der Waals surface area contributed by atoms with Crippen LogP contribution >= 0.6 is 15.9 Å². The van der Waals surface area contributed by atoms with Crippen LogP contribution in [0.2, 0.25) is 0 Å². The highest BCUT2D eigenvalue weighted by molar-refractivity contribution is 9.10. The molecule has 7 heteroatoms. The van der Waals surface area contributed by atoms with Crippen molar-refractivity contribution in [3.8, 4) is 0 Å². The number of amides is 2. The number of carbonyl (C=O) groups excluding carboxylic acids is 2. The molecule has 1 unspecified atom stereocenters. The molecule has 0 saturated carbocycles. The molecule has 1 atom stereocenters. The normalized spacial score (nSPS) is 12.3. The lowest BCUT2D eigenvalue weighted by Gasteiger charge is -2.20. The molecule has 0 fully saturated rings. The number of nitrogens with one attached hydrogen (secondary N) is 2. The van der Waals surface area contributed by atoms with Crippen molar-refractivity contribution in [3.05, 3.63) is 34.3 Å². The standard InChI is InChI=1S/C16H21BrN2O4/c1-16(2,3)15(23)18-9-13(20)19-12(8-14(21)22)10-5-4-6-11(17)7-10/h4-7,12H,8-9H2,1-3H3,(H,18,23)(H,19,20)(H,21,22). The minimum Gasteiger partial charge on any atom is -0.481 e. The molecule has 0 heterocycles. The number of hydrogen-bond donors (Lipinski definition) is 3. The van der Waals surface area contributed by atoms with Crippen molar-refractivity contribution in [3.63, 3.8) is 0 Å². The zero-order valence-corrected chi connectivity index (χ0v) is 14.9. The summed E-state index contributed by atoms with van der Waals surface area (Å²) in [6.07, 6.45) is -0.241. The number of carboxylic acid groups (broad SMARTS) is 1. The van der Waals surface area contributed by atoms with Crippen LogP contribution in [0.4, 0.5) is 0 Å². The highest BCUT2D eigenvalue weighted by atomic mass is 79.9. The van der Waals surface area contributed by atoms with Gasteiger partial charge in [0.25, 0.3) is 0 Å². The van der Waals surface area contributed by atoms with Gasteiger partial charge in [0, 0.05) is 9.89 Å². The molecular weight excluding hydrogens is 364 g/mol. The van der Waals surface area contributed by atoms with E-state index in [1.54, 1.807) is 39.0 Å². The fraction of sp³-hybridized carbons (Fsp3) is 0.438. The number of carbonyl (C=O) groups is 3. The van der Waals surface area contributed by atoms with Crippen molar-refractivity contribution >= 4 is 33.7 Å². The molecule has 3 N–H and O–H groups in total. The summed E-state index contributed by atoms with van der Waals surface area (Å²) in [4.78, 5) is 34.8. The summed E-state index contributed by atoms with van der Waals surface area (Å²) < 4.78 is 0.792. The van der Waals surface area contributed by atoms with Gasteiger partial charge in [0.15, 0.2) is 0 Å². The number of aliphatic carboxylic acids is 1. The molecule has 2 amide bonds. The fourth-order valence-corrected chi connectivity index (χ4v) is 2.24. The first-order chi connectivity index (χ1) is 10.6. The SMILES string of the molecule is CC(C)(C)C(=O)NCC(=O)NC(CC(=O)O)c1cccc(Br)c1. The van der Waals surface area contributed by atoms with Gasteiger partial charge in [-0.15, -0.1) is 0 Å². The summed E-state index contributed by atoms with van der Waals surface area (Å²) >= 11 is 3.32. The molecule has 0 aliphatic heterocycles. The van der Waals surface area contributed by atoms with Crippen molar-refractivity contribution in [1.29, 1.82) is 0 Å². The van der Waals surface area contributed by atoms with E-state index >= 15 is 0 Å². The maximum Gasteiger partial charge on any atom is 0.305 e. The fourth-order valence-electron chi connectivity index (χ4n) is 1.82. The van der Waals surface area contributed by atoms with Crippen LogP contribution in [0.25, 0.3) is 0 Å². The molecule has 6 nitrogen and oxygen atoms in total. The Kier molecular flexibility index (Phi) is 6.75. The van der Waals surface area contributed by atoms with Gasteiger partial charge < -0.3 is 15.7 Å². The number of halogens is 1. The zero-order valence-electron chi connectivity index (χ0n) is 13.4. The van der Waals surface area contributed by atoms with Crippen molar-refractivity contribution in [2.24, 2.45) is 5.41 Å². The van der Waals surface area contributed by atoms with Gasteiger partial charge in [-0.1, -0.05) is 48.8 Å². The number of carboxylic acids is 1. The number of hydrogen-bond acceptors (Lipinski definition) is 3. The third-order valence-electron chi connectivity index (χ3n) is 3.06. The molecule has 1 rings (SSSR count). The van der Waals surface area contributed by atoms with Crippen LogP contribution in [-0.4, -0.2) is 29.4 Å². The van der Waals surface area contributed by atoms with E-state index in [9.17, 15) is 14.4 Å². The van der Waals surface area contributed by atoms with Crippen LogP contribution in [0.1, 0.15) is 38.8 Å². The minimum atomic E-state index is -1.02. The van der Waals surface area contributed by atoms with Gasteiger partial charge in [0.2, 0.25) is 11.8 Å². The van der Waals surface area contributed by atoms with E-state index in [4.69, 9.17) is 5.11 Å². The average molecular weight is 385 g/mol. The monoisotopic (exact) mass is 384 g/mol. The lowest BCUT2D eigenvalue weighted by Crippen LogP contribution is -2.42. The number of benzene rings is 1. The van der Waals surface area contributed by atoms with Crippen molar-refractivity contribution < 1.29 is 19.5 Å². The Morgan fingerprint density at radius 2 is 1.91 bits per heavy atom. The van der Waals surface area contributed by atoms with E-state index in [-0.39, 0.29) is 18.9 Å². The highest BCUT2D eigenvalue weighted by Crippen LogP contribution is 2.21. The van der Waals surface area contributed by atoms with Crippen LogP contribution in [0.15, 0.2) is 28.7 Å². The average Bonchev–Trinajstić information content (AvgIpc) is 2.42. The maximum atomic E-state index is 12.0. The molecule has 1 aromatic carbocycles. The van der Waals surface area contributed by atoms with Crippen molar-refractivity contribution in [2.45, 2.75) is 33.2 Å². The van der Waals surface area contributed by atoms with E-state index in [0.717, 1.165) is 4.47 Å². The topological polar surface area (TPSA) is 95.5 Å². The smallest absolute Gasteiger partial charge is 0.305 e. The summed E-state index contributed by atoms with van der Waals surface area (Å²) in [6.45, 7) is 5.04. The van der Waals surface area contributed by atoms with E-state index in [1.807, 2.05) is 6.07 Å². The van der Waals surface area contributed by atoms with Crippen LogP contribution in [0.3, 0.4) is 0 Å². The molecule has 1 aromatic rings. The summed E-state index contributed by atoms with van der Waals surface area (Å²) in [5, 5.41) is 14.2. The molecule has 0 spiro atoms. The first kappa shape index (κ1) is 19.2. The van der Waals surface area contributed by atoms with Gasteiger partial charge >= 0.3 is 5.97 Å². The van der Waals surface area contributed by atoms with Gasteiger partial charge in [-0.2, -0.15) is 0 Å². The van der Waals surface area contributed by atoms with Crippen LogP contribution in [-0.2, 0) is 14.4 Å². The Morgan fingerprint density at radius 1 is 1.26 bits per heavy atom. The Labute approximate surface area is 143 Å². The van der Waals surface area contributed by atoms with Crippen LogP contribution in [0, 0.1) is 5.41 Å². The second-order valence-electron chi connectivity index (χ2n) is 6.21. The van der Waals surface area contributed by atoms with Gasteiger partial charge in [-0.25, -0.2) is 0 Å². The summed E-state index contributed by atoms with van der Waals surface area (Å²) in [5.74, 6) is -1.70. The Hall–Kier alpha value is -1.89. The number of rotatable bonds is 6. The third kappa shape index (κ3) is 6.81. The lowest BCUT2D eigenvalue weighted by atomic mass is 9.96. The van der Waals surface area contributed by atoms with E-state index in [0.29, 0.717) is 5.56 Å². The van der Waals surface area contributed by atoms with E-state index in [2.05, 4.69) is 26.6 Å². The molecule has 0 aliphatic carbocycles. The molecule has 126 valence electrons. The lowest BCUT2D eigenvalue weighted by molar-refractivity contribution is -0.138. The second-order valence-corrected chi connectivity index (χ2v) is 7.12. The molecule has 0 bridgehead atoms.